The Hall–Kier alpha value is -3.12. The molecule has 0 atom stereocenters. The number of nitrogens with zero attached hydrogens (tertiary/aromatic N) is 5. The molecule has 2 amide bonds. The summed E-state index contributed by atoms with van der Waals surface area (Å²) >= 11 is 2.44. The lowest BCUT2D eigenvalue weighted by Gasteiger charge is -2.11. The second-order valence-electron chi connectivity index (χ2n) is 7.09. The molecule has 3 rings (SSSR count). The van der Waals surface area contributed by atoms with Crippen LogP contribution in [0.3, 0.4) is 0 Å². The fourth-order valence-electron chi connectivity index (χ4n) is 3.01. The molecule has 0 bridgehead atoms. The van der Waals surface area contributed by atoms with Crippen molar-refractivity contribution < 1.29 is 19.1 Å². The fraction of sp³-hybridized carbons (Fsp3) is 0.381. The molecule has 10 nitrogen and oxygen atoms in total. The Bertz CT molecular complexity index is 1160. The lowest BCUT2D eigenvalue weighted by Crippen LogP contribution is -2.21. The summed E-state index contributed by atoms with van der Waals surface area (Å²) in [4.78, 5) is 31.0. The number of benzene rings is 1. The van der Waals surface area contributed by atoms with Crippen molar-refractivity contribution in [3.05, 3.63) is 28.8 Å². The van der Waals surface area contributed by atoms with E-state index in [2.05, 4.69) is 20.5 Å². The van der Waals surface area contributed by atoms with Gasteiger partial charge in [0.2, 0.25) is 5.91 Å². The van der Waals surface area contributed by atoms with Gasteiger partial charge >= 0.3 is 0 Å². The van der Waals surface area contributed by atoms with Crippen molar-refractivity contribution in [2.24, 2.45) is 0 Å². The van der Waals surface area contributed by atoms with E-state index in [0.717, 1.165) is 16.9 Å². The third-order valence-corrected chi connectivity index (χ3v) is 6.68. The molecule has 1 aromatic carbocycles. The van der Waals surface area contributed by atoms with E-state index in [1.165, 1.54) is 16.7 Å². The van der Waals surface area contributed by atoms with E-state index in [9.17, 15) is 9.59 Å². The van der Waals surface area contributed by atoms with Crippen molar-refractivity contribution in [2.45, 2.75) is 25.5 Å². The number of thioether (sulfide) groups is 1. The smallest absolute Gasteiger partial charge is 0.265 e. The van der Waals surface area contributed by atoms with Crippen LogP contribution in [0.1, 0.15) is 22.3 Å². The zero-order valence-corrected chi connectivity index (χ0v) is 21.0. The number of hydrogen-bond donors (Lipinski definition) is 1. The van der Waals surface area contributed by atoms with Gasteiger partial charge in [0.25, 0.3) is 5.91 Å². The average Bonchev–Trinajstić information content (AvgIpc) is 3.38. The van der Waals surface area contributed by atoms with Gasteiger partial charge in [-0.2, -0.15) is 0 Å². The molecule has 12 heteroatoms. The monoisotopic (exact) mass is 490 g/mol. The summed E-state index contributed by atoms with van der Waals surface area (Å²) < 4.78 is 12.6. The van der Waals surface area contributed by atoms with Gasteiger partial charge in [0.1, 0.15) is 4.88 Å². The maximum atomic E-state index is 12.5. The zero-order valence-electron chi connectivity index (χ0n) is 19.3. The van der Waals surface area contributed by atoms with Gasteiger partial charge in [-0.3, -0.25) is 9.59 Å². The predicted octanol–water partition coefficient (Wildman–Crippen LogP) is 3.18. The summed E-state index contributed by atoms with van der Waals surface area (Å²) in [6, 6.07) is 5.54. The van der Waals surface area contributed by atoms with Crippen molar-refractivity contribution >= 4 is 40.0 Å². The molecule has 2 heterocycles. The van der Waals surface area contributed by atoms with Gasteiger partial charge in [0, 0.05) is 26.2 Å². The second kappa shape index (κ2) is 10.7. The lowest BCUT2D eigenvalue weighted by atomic mass is 10.2. The molecule has 176 valence electrons. The summed E-state index contributed by atoms with van der Waals surface area (Å²) in [6.07, 6.45) is 0. The van der Waals surface area contributed by atoms with Crippen LogP contribution in [-0.4, -0.2) is 70.5 Å². The highest BCUT2D eigenvalue weighted by Crippen LogP contribution is 2.33. The van der Waals surface area contributed by atoms with Crippen LogP contribution in [0, 0.1) is 6.92 Å². The van der Waals surface area contributed by atoms with Crippen molar-refractivity contribution in [1.29, 1.82) is 0 Å². The number of rotatable bonds is 9. The highest BCUT2D eigenvalue weighted by Gasteiger charge is 2.19. The minimum Gasteiger partial charge on any atom is -0.493 e. The van der Waals surface area contributed by atoms with Crippen LogP contribution >= 0.6 is 23.1 Å². The van der Waals surface area contributed by atoms with Gasteiger partial charge in [0.15, 0.2) is 27.6 Å². The average molecular weight is 491 g/mol. The van der Waals surface area contributed by atoms with Crippen LogP contribution in [0.5, 0.6) is 11.5 Å². The SMILES string of the molecule is CCn1c(SCC(=O)Nc2nc(C)c(C(=O)N(C)C)s2)nnc1-c1ccc(OC)c(OC)c1. The standard InChI is InChI=1S/C21H26N6O4S2/c1-7-27-18(13-8-9-14(30-5)15(10-13)31-6)24-25-21(27)32-11-16(28)23-20-22-12(2)17(33-20)19(29)26(3)4/h8-10H,7,11H2,1-6H3,(H,22,23,28). The second-order valence-corrected chi connectivity index (χ2v) is 9.03. The van der Waals surface area contributed by atoms with Crippen LogP contribution in [0.25, 0.3) is 11.4 Å². The van der Waals surface area contributed by atoms with Crippen LogP contribution in [0.4, 0.5) is 5.13 Å². The molecule has 0 saturated carbocycles. The number of hydrogen-bond acceptors (Lipinski definition) is 9. The first kappa shape index (κ1) is 24.5. The van der Waals surface area contributed by atoms with Gasteiger partial charge in [-0.05, 0) is 32.0 Å². The van der Waals surface area contributed by atoms with Gasteiger partial charge in [-0.25, -0.2) is 4.98 Å². The van der Waals surface area contributed by atoms with Gasteiger partial charge < -0.3 is 24.3 Å². The minimum absolute atomic E-state index is 0.125. The van der Waals surface area contributed by atoms with E-state index < -0.39 is 0 Å². The maximum Gasteiger partial charge on any atom is 0.265 e. The Morgan fingerprint density at radius 2 is 1.91 bits per heavy atom. The van der Waals surface area contributed by atoms with Gasteiger partial charge in [-0.15, -0.1) is 10.2 Å². The van der Waals surface area contributed by atoms with Gasteiger partial charge in [0.05, 0.1) is 25.7 Å². The quantitative estimate of drug-likeness (QED) is 0.455. The molecule has 0 spiro atoms. The lowest BCUT2D eigenvalue weighted by molar-refractivity contribution is -0.113. The predicted molar refractivity (Wildman–Crippen MR) is 128 cm³/mol. The van der Waals surface area contributed by atoms with Crippen LogP contribution < -0.4 is 14.8 Å². The van der Waals surface area contributed by atoms with Crippen molar-refractivity contribution in [3.63, 3.8) is 0 Å². The topological polar surface area (TPSA) is 111 Å². The molecule has 2 aromatic heterocycles. The van der Waals surface area contributed by atoms with E-state index in [4.69, 9.17) is 9.47 Å². The number of thiazole rings is 1. The molecular formula is C21H26N6O4S2. The third kappa shape index (κ3) is 5.45. The maximum absolute atomic E-state index is 12.5. The Balaban J connectivity index is 1.70. The van der Waals surface area contributed by atoms with Crippen LogP contribution in [0.15, 0.2) is 23.4 Å². The molecule has 3 aromatic rings. The van der Waals surface area contributed by atoms with Gasteiger partial charge in [-0.1, -0.05) is 23.1 Å². The highest BCUT2D eigenvalue weighted by molar-refractivity contribution is 7.99. The fourth-order valence-corrected chi connectivity index (χ4v) is 4.81. The third-order valence-electron chi connectivity index (χ3n) is 4.65. The number of aromatic nitrogens is 4. The summed E-state index contributed by atoms with van der Waals surface area (Å²) in [5.74, 6) is 1.64. The van der Waals surface area contributed by atoms with Crippen molar-refractivity contribution in [1.82, 2.24) is 24.6 Å². The van der Waals surface area contributed by atoms with E-state index in [1.54, 1.807) is 35.2 Å². The largest absolute Gasteiger partial charge is 0.493 e. The number of carbonyl (C=O) groups is 2. The van der Waals surface area contributed by atoms with E-state index in [1.807, 2.05) is 29.7 Å². The number of amides is 2. The molecule has 1 N–H and O–H groups in total. The minimum atomic E-state index is -0.240. The molecular weight excluding hydrogens is 464 g/mol. The van der Waals surface area contributed by atoms with Crippen molar-refractivity contribution in [3.8, 4) is 22.9 Å². The van der Waals surface area contributed by atoms with E-state index >= 15 is 0 Å². The Morgan fingerprint density at radius 3 is 2.55 bits per heavy atom. The normalized spacial score (nSPS) is 10.7. The number of anilines is 1. The Morgan fingerprint density at radius 1 is 1.18 bits per heavy atom. The molecule has 0 saturated heterocycles. The summed E-state index contributed by atoms with van der Waals surface area (Å²) in [5, 5.41) is 12.4. The van der Waals surface area contributed by atoms with Crippen LogP contribution in [-0.2, 0) is 11.3 Å². The first-order valence-corrected chi connectivity index (χ1v) is 11.9. The Kier molecular flexibility index (Phi) is 7.92. The summed E-state index contributed by atoms with van der Waals surface area (Å²) in [7, 11) is 6.52. The molecule has 0 fully saturated rings. The number of carbonyl (C=O) groups excluding carboxylic acids is 2. The molecule has 0 aliphatic carbocycles. The molecule has 33 heavy (non-hydrogen) atoms. The van der Waals surface area contributed by atoms with Crippen molar-refractivity contribution in [2.75, 3.05) is 39.4 Å². The highest BCUT2D eigenvalue weighted by atomic mass is 32.2. The van der Waals surface area contributed by atoms with Crippen LogP contribution in [0.2, 0.25) is 0 Å². The number of ether oxygens (including phenoxy) is 2. The van der Waals surface area contributed by atoms with E-state index in [-0.39, 0.29) is 17.6 Å². The first-order chi connectivity index (χ1) is 15.8. The molecule has 0 unspecified atom stereocenters. The molecule has 0 aliphatic rings. The first-order valence-electron chi connectivity index (χ1n) is 10.1. The Labute approximate surface area is 200 Å². The number of nitrogens with one attached hydrogen (secondary N) is 1. The van der Waals surface area contributed by atoms with E-state index in [0.29, 0.717) is 44.7 Å². The number of aryl methyl sites for hydroxylation is 1. The number of methoxy groups -OCH3 is 2. The zero-order chi connectivity index (χ0) is 24.1. The summed E-state index contributed by atoms with van der Waals surface area (Å²) in [5.41, 5.74) is 1.42. The summed E-state index contributed by atoms with van der Waals surface area (Å²) in [6.45, 7) is 4.36. The molecule has 0 aliphatic heterocycles. The molecule has 0 radical (unpaired) electrons.